The highest BCUT2D eigenvalue weighted by molar-refractivity contribution is 7.92. The van der Waals surface area contributed by atoms with Crippen LogP contribution in [0.25, 0.3) is 10.1 Å². The number of amides is 2. The van der Waals surface area contributed by atoms with Crippen molar-refractivity contribution in [2.45, 2.75) is 43.5 Å². The van der Waals surface area contributed by atoms with E-state index in [1.54, 1.807) is 32.9 Å². The number of aromatic hydroxyl groups is 4. The van der Waals surface area contributed by atoms with Gasteiger partial charge in [-0.2, -0.15) is 0 Å². The molecule has 0 fully saturated rings. The molecule has 4 rings (SSSR count). The molecule has 0 aliphatic heterocycles. The molecule has 0 spiro atoms. The van der Waals surface area contributed by atoms with Crippen molar-refractivity contribution < 1.29 is 57.4 Å². The molecule has 264 valence electrons. The number of rotatable bonds is 15. The highest BCUT2D eigenvalue weighted by atomic mass is 32.2. The highest BCUT2D eigenvalue weighted by Gasteiger charge is 2.26. The summed E-state index contributed by atoms with van der Waals surface area (Å²) in [5, 5.41) is 45.4. The zero-order valence-electron chi connectivity index (χ0n) is 26.5. The van der Waals surface area contributed by atoms with Gasteiger partial charge in [0, 0.05) is 16.2 Å². The van der Waals surface area contributed by atoms with Crippen LogP contribution in [0.4, 0.5) is 0 Å². The Morgan fingerprint density at radius 1 is 0.857 bits per heavy atom. The zero-order chi connectivity index (χ0) is 36.0. The van der Waals surface area contributed by atoms with Crippen LogP contribution in [0.15, 0.2) is 52.7 Å². The summed E-state index contributed by atoms with van der Waals surface area (Å²) in [6.07, 6.45) is -0.337. The van der Waals surface area contributed by atoms with Gasteiger partial charge in [-0.1, -0.05) is 19.1 Å². The molecule has 1 aromatic heterocycles. The molecular weight excluding hydrogens is 701 g/mol. The minimum absolute atomic E-state index is 0.0468. The number of aryl methyl sites for hydroxylation is 1. The third-order valence-corrected chi connectivity index (χ3v) is 11.0. The molecular formula is C31H36N3O12PS2. The molecule has 49 heavy (non-hydrogen) atoms. The lowest BCUT2D eigenvalue weighted by Gasteiger charge is -2.20. The predicted octanol–water partition coefficient (Wildman–Crippen LogP) is 3.38. The number of fused-ring (bicyclic) bond motifs is 1. The van der Waals surface area contributed by atoms with Crippen LogP contribution in [0.1, 0.15) is 47.1 Å². The van der Waals surface area contributed by atoms with Crippen LogP contribution in [0.3, 0.4) is 0 Å². The van der Waals surface area contributed by atoms with Crippen LogP contribution in [-0.2, 0) is 21.0 Å². The maximum absolute atomic E-state index is 13.1. The molecule has 1 heterocycles. The van der Waals surface area contributed by atoms with Gasteiger partial charge in [-0.05, 0) is 56.2 Å². The zero-order valence-corrected chi connectivity index (χ0v) is 29.1. The Balaban J connectivity index is 1.61. The summed E-state index contributed by atoms with van der Waals surface area (Å²) in [6, 6.07) is 9.81. The van der Waals surface area contributed by atoms with Gasteiger partial charge < -0.3 is 45.4 Å². The number of hydrogen-bond acceptors (Lipinski definition) is 12. The van der Waals surface area contributed by atoms with Crippen LogP contribution in [-0.4, -0.2) is 77.1 Å². The number of phenolic OH excluding ortho intramolecular Hbond substituents is 4. The first-order valence-corrected chi connectivity index (χ1v) is 18.7. The molecule has 0 aliphatic rings. The minimum atomic E-state index is -4.15. The largest absolute Gasteiger partial charge is 0.504 e. The van der Waals surface area contributed by atoms with Crippen molar-refractivity contribution in [2.24, 2.45) is 0 Å². The van der Waals surface area contributed by atoms with E-state index in [9.17, 15) is 47.9 Å². The maximum Gasteiger partial charge on any atom is 0.255 e. The summed E-state index contributed by atoms with van der Waals surface area (Å²) in [4.78, 5) is 34.7. The van der Waals surface area contributed by atoms with E-state index in [-0.39, 0.29) is 46.5 Å². The molecule has 8 N–H and O–H groups in total. The number of carbonyl (C=O) groups excluding carboxylic acids is 2. The van der Waals surface area contributed by atoms with Crippen molar-refractivity contribution in [1.82, 2.24) is 15.4 Å². The van der Waals surface area contributed by atoms with Gasteiger partial charge in [0.2, 0.25) is 8.03 Å². The summed E-state index contributed by atoms with van der Waals surface area (Å²) in [5.74, 6) is -3.07. The SMILES string of the molecule is CCc1c(S(=O)(=O)NC[PH](=O)O)sc2cc(OCC(C)NC(=O)c3cccc(O)c3O)c(OCC(C)NC(=O)c3cccc(O)c3O)cc12. The smallest absolute Gasteiger partial charge is 0.255 e. The fourth-order valence-electron chi connectivity index (χ4n) is 4.68. The Hall–Kier alpha value is -4.54. The van der Waals surface area contributed by atoms with E-state index < -0.39 is 71.2 Å². The normalized spacial score (nSPS) is 13.4. The third-order valence-electron chi connectivity index (χ3n) is 7.08. The summed E-state index contributed by atoms with van der Waals surface area (Å²) < 4.78 is 52.1. The number of sulfonamides is 1. The summed E-state index contributed by atoms with van der Waals surface area (Å²) in [7, 11) is -7.27. The quantitative estimate of drug-likeness (QED) is 0.0647. The lowest BCUT2D eigenvalue weighted by atomic mass is 10.1. The summed E-state index contributed by atoms with van der Waals surface area (Å²) in [5.41, 5.74) is 0.146. The number of para-hydroxylation sites is 2. The van der Waals surface area contributed by atoms with Gasteiger partial charge in [0.15, 0.2) is 34.5 Å². The Morgan fingerprint density at radius 2 is 1.35 bits per heavy atom. The standard InChI is InChI=1S/C31H36N3O12PS2/c1-4-18-21-11-24(45-13-16(2)33-29(39)19-7-5-9-22(35)27(19)37)25(12-26(21)48-31(18)49(43,44)32-15-47(41)42)46-14-17(3)34-30(40)20-8-6-10-23(36)28(20)38/h5-12,16-17,32,35-38,47H,4,13-15H2,1-3H3,(H,33,39)(H,34,40)(H,41,42). The second kappa shape index (κ2) is 15.8. The van der Waals surface area contributed by atoms with E-state index >= 15 is 0 Å². The van der Waals surface area contributed by atoms with Gasteiger partial charge in [0.1, 0.15) is 17.4 Å². The third kappa shape index (κ3) is 8.93. The molecule has 0 aliphatic carbocycles. The minimum Gasteiger partial charge on any atom is -0.504 e. The van der Waals surface area contributed by atoms with E-state index in [1.807, 2.05) is 0 Å². The predicted molar refractivity (Wildman–Crippen MR) is 182 cm³/mol. The average Bonchev–Trinajstić information content (AvgIpc) is 3.42. The topological polar surface area (TPSA) is 241 Å². The monoisotopic (exact) mass is 737 g/mol. The molecule has 3 atom stereocenters. The Labute approximate surface area is 286 Å². The highest BCUT2D eigenvalue weighted by Crippen LogP contribution is 2.42. The number of nitrogens with one attached hydrogen (secondary N) is 3. The van der Waals surface area contributed by atoms with Crippen LogP contribution < -0.4 is 24.8 Å². The van der Waals surface area contributed by atoms with Gasteiger partial charge >= 0.3 is 0 Å². The van der Waals surface area contributed by atoms with Crippen molar-refractivity contribution in [3.63, 3.8) is 0 Å². The van der Waals surface area contributed by atoms with E-state index in [1.165, 1.54) is 36.4 Å². The van der Waals surface area contributed by atoms with Crippen LogP contribution in [0.2, 0.25) is 0 Å². The van der Waals surface area contributed by atoms with Crippen molar-refractivity contribution in [1.29, 1.82) is 0 Å². The lowest BCUT2D eigenvalue weighted by molar-refractivity contribution is 0.0910. The van der Waals surface area contributed by atoms with Crippen molar-refractivity contribution in [3.05, 3.63) is 65.2 Å². The number of benzene rings is 3. The Bertz CT molecular complexity index is 2000. The molecule has 15 nitrogen and oxygen atoms in total. The second-order valence-corrected chi connectivity index (χ2v) is 15.1. The molecule has 2 amide bonds. The van der Waals surface area contributed by atoms with E-state index in [0.29, 0.717) is 15.6 Å². The van der Waals surface area contributed by atoms with Crippen LogP contribution in [0, 0.1) is 0 Å². The fraction of sp³-hybridized carbons (Fsp3) is 0.290. The van der Waals surface area contributed by atoms with E-state index in [0.717, 1.165) is 11.3 Å². The second-order valence-electron chi connectivity index (χ2n) is 11.0. The van der Waals surface area contributed by atoms with Gasteiger partial charge in [0.05, 0.1) is 29.5 Å². The molecule has 0 bridgehead atoms. The van der Waals surface area contributed by atoms with Crippen molar-refractivity contribution in [3.8, 4) is 34.5 Å². The maximum atomic E-state index is 13.1. The molecule has 0 saturated heterocycles. The molecule has 18 heteroatoms. The molecule has 3 unspecified atom stereocenters. The van der Waals surface area contributed by atoms with Crippen molar-refractivity contribution >= 4 is 51.3 Å². The summed E-state index contributed by atoms with van der Waals surface area (Å²) in [6.45, 7) is 4.80. The molecule has 0 saturated carbocycles. The first-order valence-electron chi connectivity index (χ1n) is 14.8. The number of hydrogen-bond donors (Lipinski definition) is 8. The van der Waals surface area contributed by atoms with Gasteiger partial charge in [-0.15, -0.1) is 11.3 Å². The van der Waals surface area contributed by atoms with Gasteiger partial charge in [-0.3, -0.25) is 14.2 Å². The lowest BCUT2D eigenvalue weighted by Crippen LogP contribution is -2.37. The number of ether oxygens (including phenoxy) is 2. The fourth-order valence-corrected chi connectivity index (χ4v) is 8.56. The first kappa shape index (κ1) is 37.3. The van der Waals surface area contributed by atoms with Crippen LogP contribution in [0.5, 0.6) is 34.5 Å². The number of carbonyl (C=O) groups is 2. The van der Waals surface area contributed by atoms with Gasteiger partial charge in [-0.25, -0.2) is 13.1 Å². The average molecular weight is 738 g/mol. The Kier molecular flexibility index (Phi) is 12.0. The van der Waals surface area contributed by atoms with E-state index in [2.05, 4.69) is 15.4 Å². The van der Waals surface area contributed by atoms with Gasteiger partial charge in [0.25, 0.3) is 21.8 Å². The first-order chi connectivity index (χ1) is 23.1. The summed E-state index contributed by atoms with van der Waals surface area (Å²) >= 11 is 0.927. The van der Waals surface area contributed by atoms with Crippen molar-refractivity contribution in [2.75, 3.05) is 19.5 Å². The molecule has 0 radical (unpaired) electrons. The number of thiophene rings is 1. The Morgan fingerprint density at radius 3 is 1.82 bits per heavy atom. The number of phenols is 4. The van der Waals surface area contributed by atoms with Crippen LogP contribution >= 0.6 is 19.4 Å². The molecule has 3 aromatic carbocycles. The van der Waals surface area contributed by atoms with E-state index in [4.69, 9.17) is 9.47 Å². The molecule has 4 aromatic rings.